The third-order valence-electron chi connectivity index (χ3n) is 1.69. The summed E-state index contributed by atoms with van der Waals surface area (Å²) >= 11 is 1.84. The summed E-state index contributed by atoms with van der Waals surface area (Å²) in [5.41, 5.74) is 5.37. The van der Waals surface area contributed by atoms with E-state index in [2.05, 4.69) is 6.92 Å². The van der Waals surface area contributed by atoms with Gasteiger partial charge in [-0.25, -0.2) is 0 Å². The van der Waals surface area contributed by atoms with Gasteiger partial charge < -0.3 is 10.8 Å². The number of rotatable bonds is 7. The summed E-state index contributed by atoms with van der Waals surface area (Å²) in [5, 5.41) is 8.86. The molecule has 0 rings (SSSR count). The lowest BCUT2D eigenvalue weighted by Gasteiger charge is -2.20. The van der Waals surface area contributed by atoms with Crippen molar-refractivity contribution in [2.45, 2.75) is 38.6 Å². The Kier molecular flexibility index (Phi) is 6.90. The second kappa shape index (κ2) is 6.75. The van der Waals surface area contributed by atoms with E-state index in [1.54, 1.807) is 0 Å². The molecule has 2 nitrogen and oxygen atoms in total. The van der Waals surface area contributed by atoms with Gasteiger partial charge in [0, 0.05) is 11.3 Å². The number of unbranched alkanes of at least 4 members (excludes halogenated alkanes) is 2. The van der Waals surface area contributed by atoms with Gasteiger partial charge in [-0.05, 0) is 19.1 Å². The third-order valence-corrected chi connectivity index (χ3v) is 3.13. The highest BCUT2D eigenvalue weighted by Gasteiger charge is 2.15. The van der Waals surface area contributed by atoms with Crippen molar-refractivity contribution in [1.82, 2.24) is 0 Å². The molecule has 3 N–H and O–H groups in total. The fraction of sp³-hybridized carbons (Fsp3) is 1.00. The van der Waals surface area contributed by atoms with Crippen LogP contribution in [0.2, 0.25) is 0 Å². The van der Waals surface area contributed by atoms with Gasteiger partial charge in [0.25, 0.3) is 0 Å². The van der Waals surface area contributed by atoms with Crippen molar-refractivity contribution in [3.05, 3.63) is 0 Å². The number of thioether (sulfide) groups is 1. The van der Waals surface area contributed by atoms with Gasteiger partial charge in [-0.2, -0.15) is 11.8 Å². The maximum absolute atomic E-state index is 8.86. The first-order valence-corrected chi connectivity index (χ1v) is 5.75. The predicted octanol–water partition coefficient (Wildman–Crippen LogP) is 1.62. The Morgan fingerprint density at radius 2 is 2.08 bits per heavy atom. The van der Waals surface area contributed by atoms with Crippen LogP contribution in [0.5, 0.6) is 0 Å². The van der Waals surface area contributed by atoms with Crippen LogP contribution in [0.3, 0.4) is 0 Å². The van der Waals surface area contributed by atoms with Crippen LogP contribution in [0.1, 0.15) is 33.1 Å². The third kappa shape index (κ3) is 6.95. The maximum Gasteiger partial charge on any atom is 0.0616 e. The first-order valence-electron chi connectivity index (χ1n) is 4.60. The smallest absolute Gasteiger partial charge is 0.0616 e. The first-order chi connectivity index (χ1) is 5.62. The van der Waals surface area contributed by atoms with E-state index in [1.807, 2.05) is 18.7 Å². The Morgan fingerprint density at radius 3 is 2.58 bits per heavy atom. The summed E-state index contributed by atoms with van der Waals surface area (Å²) in [6.07, 6.45) is 3.83. The molecule has 0 fully saturated rings. The number of nitrogens with two attached hydrogens (primary N) is 1. The standard InChI is InChI=1S/C9H21NOS/c1-3-4-5-6-12-8-9(2,10)7-11/h11H,3-8,10H2,1-2H3. The molecule has 0 spiro atoms. The number of hydrogen-bond acceptors (Lipinski definition) is 3. The number of aliphatic hydroxyl groups excluding tert-OH is 1. The molecule has 0 heterocycles. The van der Waals surface area contributed by atoms with Crippen molar-refractivity contribution in [2.75, 3.05) is 18.1 Å². The Morgan fingerprint density at radius 1 is 1.42 bits per heavy atom. The van der Waals surface area contributed by atoms with Crippen molar-refractivity contribution in [3.63, 3.8) is 0 Å². The predicted molar refractivity (Wildman–Crippen MR) is 56.5 cm³/mol. The molecule has 0 bridgehead atoms. The largest absolute Gasteiger partial charge is 0.394 e. The molecule has 0 saturated heterocycles. The van der Waals surface area contributed by atoms with E-state index in [-0.39, 0.29) is 6.61 Å². The molecule has 0 aromatic carbocycles. The maximum atomic E-state index is 8.86. The van der Waals surface area contributed by atoms with Crippen molar-refractivity contribution >= 4 is 11.8 Å². The van der Waals surface area contributed by atoms with Crippen LogP contribution in [0.4, 0.5) is 0 Å². The topological polar surface area (TPSA) is 46.2 Å². The molecule has 12 heavy (non-hydrogen) atoms. The second-order valence-corrected chi connectivity index (χ2v) is 4.68. The average Bonchev–Trinajstić information content (AvgIpc) is 2.04. The van der Waals surface area contributed by atoms with Crippen molar-refractivity contribution < 1.29 is 5.11 Å². The van der Waals surface area contributed by atoms with Crippen LogP contribution >= 0.6 is 11.8 Å². The highest BCUT2D eigenvalue weighted by molar-refractivity contribution is 7.99. The van der Waals surface area contributed by atoms with Gasteiger partial charge in [-0.3, -0.25) is 0 Å². The highest BCUT2D eigenvalue weighted by Crippen LogP contribution is 2.12. The Bertz CT molecular complexity index is 107. The minimum atomic E-state index is -0.392. The van der Waals surface area contributed by atoms with Gasteiger partial charge in [0.1, 0.15) is 0 Å². The van der Waals surface area contributed by atoms with E-state index in [4.69, 9.17) is 10.8 Å². The van der Waals surface area contributed by atoms with Gasteiger partial charge in [0.05, 0.1) is 6.61 Å². The van der Waals surface area contributed by atoms with Crippen LogP contribution in [-0.4, -0.2) is 28.8 Å². The van der Waals surface area contributed by atoms with Gasteiger partial charge in [-0.1, -0.05) is 19.8 Å². The molecule has 0 aliphatic rings. The minimum absolute atomic E-state index is 0.0772. The van der Waals surface area contributed by atoms with Crippen LogP contribution in [0, 0.1) is 0 Å². The van der Waals surface area contributed by atoms with E-state index < -0.39 is 5.54 Å². The molecule has 0 amide bonds. The number of aliphatic hydroxyl groups is 1. The van der Waals surface area contributed by atoms with Gasteiger partial charge in [0.2, 0.25) is 0 Å². The Hall–Kier alpha value is 0.270. The minimum Gasteiger partial charge on any atom is -0.394 e. The summed E-state index contributed by atoms with van der Waals surface area (Å²) in [7, 11) is 0. The zero-order valence-electron chi connectivity index (χ0n) is 8.18. The van der Waals surface area contributed by atoms with E-state index in [0.29, 0.717) is 0 Å². The van der Waals surface area contributed by atoms with Crippen molar-refractivity contribution in [2.24, 2.45) is 5.73 Å². The van der Waals surface area contributed by atoms with Crippen LogP contribution < -0.4 is 5.73 Å². The molecule has 0 aliphatic carbocycles. The summed E-state index contributed by atoms with van der Waals surface area (Å²) in [5.74, 6) is 2.02. The van der Waals surface area contributed by atoms with Crippen molar-refractivity contribution in [3.8, 4) is 0 Å². The Balaban J connectivity index is 3.19. The average molecular weight is 191 g/mol. The van der Waals surface area contributed by atoms with Gasteiger partial charge >= 0.3 is 0 Å². The van der Waals surface area contributed by atoms with E-state index >= 15 is 0 Å². The van der Waals surface area contributed by atoms with Crippen molar-refractivity contribution in [1.29, 1.82) is 0 Å². The lowest BCUT2D eigenvalue weighted by molar-refractivity contribution is 0.224. The zero-order valence-corrected chi connectivity index (χ0v) is 8.99. The second-order valence-electron chi connectivity index (χ2n) is 3.57. The van der Waals surface area contributed by atoms with E-state index in [0.717, 1.165) is 5.75 Å². The van der Waals surface area contributed by atoms with Crippen LogP contribution in [0.25, 0.3) is 0 Å². The molecule has 0 aliphatic heterocycles. The lowest BCUT2D eigenvalue weighted by Crippen LogP contribution is -2.42. The van der Waals surface area contributed by atoms with E-state index in [9.17, 15) is 0 Å². The lowest BCUT2D eigenvalue weighted by atomic mass is 10.1. The molecule has 0 radical (unpaired) electrons. The molecule has 0 saturated carbocycles. The monoisotopic (exact) mass is 191 g/mol. The fourth-order valence-electron chi connectivity index (χ4n) is 0.805. The summed E-state index contributed by atoms with van der Waals surface area (Å²) in [4.78, 5) is 0. The summed E-state index contributed by atoms with van der Waals surface area (Å²) < 4.78 is 0. The van der Waals surface area contributed by atoms with Crippen LogP contribution in [-0.2, 0) is 0 Å². The summed E-state index contributed by atoms with van der Waals surface area (Å²) in [6, 6.07) is 0. The SMILES string of the molecule is CCCCCSCC(C)(N)CO. The zero-order chi connectivity index (χ0) is 9.45. The highest BCUT2D eigenvalue weighted by atomic mass is 32.2. The molecule has 3 heteroatoms. The molecule has 74 valence electrons. The number of hydrogen-bond donors (Lipinski definition) is 2. The van der Waals surface area contributed by atoms with Gasteiger partial charge in [-0.15, -0.1) is 0 Å². The molecular formula is C9H21NOS. The summed E-state index contributed by atoms with van der Waals surface area (Å²) in [6.45, 7) is 4.17. The molecule has 1 unspecified atom stereocenters. The fourth-order valence-corrected chi connectivity index (χ4v) is 1.92. The molecule has 0 aromatic heterocycles. The van der Waals surface area contributed by atoms with E-state index in [1.165, 1.54) is 25.0 Å². The Labute approximate surface area is 79.9 Å². The van der Waals surface area contributed by atoms with Gasteiger partial charge in [0.15, 0.2) is 0 Å². The molecule has 1 atom stereocenters. The molecular weight excluding hydrogens is 170 g/mol. The quantitative estimate of drug-likeness (QED) is 0.601. The first kappa shape index (κ1) is 12.3. The van der Waals surface area contributed by atoms with Crippen LogP contribution in [0.15, 0.2) is 0 Å². The molecule has 0 aromatic rings. The normalized spacial score (nSPS) is 16.0.